The van der Waals surface area contributed by atoms with Crippen LogP contribution >= 0.6 is 0 Å². The number of ether oxygens (including phenoxy) is 2. The summed E-state index contributed by atoms with van der Waals surface area (Å²) in [4.78, 5) is 24.2. The van der Waals surface area contributed by atoms with Crippen molar-refractivity contribution in [1.29, 1.82) is 0 Å². The summed E-state index contributed by atoms with van der Waals surface area (Å²) in [5, 5.41) is 9.69. The van der Waals surface area contributed by atoms with Gasteiger partial charge in [0.05, 0.1) is 12.7 Å². The number of benzene rings is 2. The van der Waals surface area contributed by atoms with Crippen molar-refractivity contribution in [3.05, 3.63) is 71.8 Å². The molecular weight excluding hydrogens is 344 g/mol. The monoisotopic (exact) mass is 368 g/mol. The standard InChI is InChI=1S/C22H24O5/c1-2-26-21(25)22(20(23)24)14-13-18(15-22)27-19(16-9-5-3-6-10-16)17-11-7-4-8-12-17/h3-12,18-19H,2,13-15H2,1H3,(H,23,24)/t18-,22?/m0/s1. The third-order valence-electron chi connectivity index (χ3n) is 5.08. The van der Waals surface area contributed by atoms with Gasteiger partial charge in [-0.1, -0.05) is 60.7 Å². The lowest BCUT2D eigenvalue weighted by molar-refractivity contribution is -0.169. The second kappa shape index (κ2) is 8.35. The van der Waals surface area contributed by atoms with Crippen molar-refractivity contribution < 1.29 is 24.2 Å². The molecule has 1 saturated carbocycles. The predicted molar refractivity (Wildman–Crippen MR) is 100 cm³/mol. The molecule has 0 radical (unpaired) electrons. The highest BCUT2D eigenvalue weighted by Gasteiger charge is 2.53. The summed E-state index contributed by atoms with van der Waals surface area (Å²) in [5.41, 5.74) is 0.471. The maximum atomic E-state index is 12.3. The number of carbonyl (C=O) groups excluding carboxylic acids is 1. The molecule has 1 unspecified atom stereocenters. The van der Waals surface area contributed by atoms with E-state index in [-0.39, 0.29) is 31.7 Å². The highest BCUT2D eigenvalue weighted by molar-refractivity contribution is 5.99. The SMILES string of the molecule is CCOC(=O)C1(C(=O)O)CC[C@H](OC(c2ccccc2)c2ccccc2)C1. The predicted octanol–water partition coefficient (Wildman–Crippen LogP) is 3.98. The first-order valence-corrected chi connectivity index (χ1v) is 9.23. The quantitative estimate of drug-likeness (QED) is 0.591. The van der Waals surface area contributed by atoms with E-state index in [4.69, 9.17) is 9.47 Å². The number of hydrogen-bond donors (Lipinski definition) is 1. The lowest BCUT2D eigenvalue weighted by atomic mass is 9.86. The molecule has 142 valence electrons. The topological polar surface area (TPSA) is 72.8 Å². The van der Waals surface area contributed by atoms with Crippen molar-refractivity contribution in [3.63, 3.8) is 0 Å². The van der Waals surface area contributed by atoms with Crippen LogP contribution in [0.25, 0.3) is 0 Å². The molecule has 0 amide bonds. The first kappa shape index (κ1) is 19.1. The van der Waals surface area contributed by atoms with E-state index in [1.54, 1.807) is 6.92 Å². The molecule has 2 aromatic rings. The van der Waals surface area contributed by atoms with Crippen LogP contribution in [0.3, 0.4) is 0 Å². The molecule has 1 N–H and O–H groups in total. The second-order valence-corrected chi connectivity index (χ2v) is 6.81. The molecule has 1 aliphatic carbocycles. The fourth-order valence-electron chi connectivity index (χ4n) is 3.65. The zero-order valence-electron chi connectivity index (χ0n) is 15.3. The molecule has 5 nitrogen and oxygen atoms in total. The molecule has 2 aromatic carbocycles. The van der Waals surface area contributed by atoms with E-state index in [9.17, 15) is 14.7 Å². The Kier molecular flexibility index (Phi) is 5.91. The lowest BCUT2D eigenvalue weighted by Gasteiger charge is -2.25. The van der Waals surface area contributed by atoms with Gasteiger partial charge in [0, 0.05) is 6.42 Å². The molecule has 27 heavy (non-hydrogen) atoms. The number of esters is 1. The molecule has 0 spiro atoms. The van der Waals surface area contributed by atoms with Crippen LogP contribution in [0.5, 0.6) is 0 Å². The third-order valence-corrected chi connectivity index (χ3v) is 5.08. The van der Waals surface area contributed by atoms with E-state index in [0.29, 0.717) is 6.42 Å². The molecule has 0 aromatic heterocycles. The summed E-state index contributed by atoms with van der Waals surface area (Å²) in [5.74, 6) is -1.80. The fraction of sp³-hybridized carbons (Fsp3) is 0.364. The van der Waals surface area contributed by atoms with Crippen LogP contribution in [0.4, 0.5) is 0 Å². The van der Waals surface area contributed by atoms with E-state index >= 15 is 0 Å². The van der Waals surface area contributed by atoms with Gasteiger partial charge in [0.2, 0.25) is 0 Å². The zero-order chi connectivity index (χ0) is 19.3. The van der Waals surface area contributed by atoms with Crippen LogP contribution < -0.4 is 0 Å². The molecule has 3 rings (SSSR count). The summed E-state index contributed by atoms with van der Waals surface area (Å²) in [7, 11) is 0. The summed E-state index contributed by atoms with van der Waals surface area (Å²) in [6.45, 7) is 1.84. The number of hydrogen-bond acceptors (Lipinski definition) is 4. The van der Waals surface area contributed by atoms with Gasteiger partial charge in [-0.15, -0.1) is 0 Å². The molecule has 2 atom stereocenters. The Bertz CT molecular complexity index is 734. The van der Waals surface area contributed by atoms with Gasteiger partial charge in [0.25, 0.3) is 0 Å². The maximum Gasteiger partial charge on any atom is 0.323 e. The Morgan fingerprint density at radius 3 is 2.11 bits per heavy atom. The third kappa shape index (κ3) is 4.03. The molecule has 1 fully saturated rings. The molecule has 1 aliphatic rings. The van der Waals surface area contributed by atoms with Gasteiger partial charge < -0.3 is 14.6 Å². The molecule has 0 saturated heterocycles. The average Bonchev–Trinajstić information content (AvgIpc) is 3.13. The number of rotatable bonds is 7. The van der Waals surface area contributed by atoms with E-state index in [1.165, 1.54) is 0 Å². The van der Waals surface area contributed by atoms with Crippen molar-refractivity contribution in [2.75, 3.05) is 6.61 Å². The molecule has 0 heterocycles. The molecular formula is C22H24O5. The second-order valence-electron chi connectivity index (χ2n) is 6.81. The first-order chi connectivity index (χ1) is 13.1. The number of carboxylic acids is 1. The van der Waals surface area contributed by atoms with Crippen molar-refractivity contribution >= 4 is 11.9 Å². The van der Waals surface area contributed by atoms with Crippen LogP contribution in [0.2, 0.25) is 0 Å². The van der Waals surface area contributed by atoms with Gasteiger partial charge in [-0.2, -0.15) is 0 Å². The van der Waals surface area contributed by atoms with Crippen LogP contribution in [0, 0.1) is 5.41 Å². The van der Waals surface area contributed by atoms with Crippen LogP contribution in [0.15, 0.2) is 60.7 Å². The van der Waals surface area contributed by atoms with Gasteiger partial charge in [-0.25, -0.2) is 0 Å². The van der Waals surface area contributed by atoms with E-state index in [2.05, 4.69) is 0 Å². The van der Waals surface area contributed by atoms with Gasteiger partial charge in [-0.3, -0.25) is 9.59 Å². The van der Waals surface area contributed by atoms with Crippen molar-refractivity contribution in [3.8, 4) is 0 Å². The van der Waals surface area contributed by atoms with Crippen molar-refractivity contribution in [2.45, 2.75) is 38.4 Å². The number of carboxylic acid groups (broad SMARTS) is 1. The largest absolute Gasteiger partial charge is 0.480 e. The van der Waals surface area contributed by atoms with Crippen LogP contribution in [-0.2, 0) is 19.1 Å². The minimum absolute atomic E-state index is 0.122. The lowest BCUT2D eigenvalue weighted by Crippen LogP contribution is -2.39. The average molecular weight is 368 g/mol. The summed E-state index contributed by atoms with van der Waals surface area (Å²) >= 11 is 0. The Labute approximate surface area is 158 Å². The van der Waals surface area contributed by atoms with E-state index in [0.717, 1.165) is 11.1 Å². The summed E-state index contributed by atoms with van der Waals surface area (Å²) < 4.78 is 11.4. The summed E-state index contributed by atoms with van der Waals surface area (Å²) in [6, 6.07) is 19.6. The molecule has 5 heteroatoms. The van der Waals surface area contributed by atoms with Crippen molar-refractivity contribution in [2.24, 2.45) is 5.41 Å². The molecule has 0 aliphatic heterocycles. The first-order valence-electron chi connectivity index (χ1n) is 9.23. The Balaban J connectivity index is 1.83. The van der Waals surface area contributed by atoms with E-state index in [1.807, 2.05) is 60.7 Å². The van der Waals surface area contributed by atoms with Crippen molar-refractivity contribution in [1.82, 2.24) is 0 Å². The smallest absolute Gasteiger partial charge is 0.323 e. The molecule has 0 bridgehead atoms. The minimum atomic E-state index is -1.52. The van der Waals surface area contributed by atoms with Gasteiger partial charge in [-0.05, 0) is 30.9 Å². The summed E-state index contributed by atoms with van der Waals surface area (Å²) in [6.07, 6.45) is 0.195. The van der Waals surface area contributed by atoms with Gasteiger partial charge >= 0.3 is 11.9 Å². The normalized spacial score (nSPS) is 21.9. The minimum Gasteiger partial charge on any atom is -0.480 e. The number of aliphatic carboxylic acids is 1. The van der Waals surface area contributed by atoms with E-state index < -0.39 is 17.4 Å². The fourth-order valence-corrected chi connectivity index (χ4v) is 3.65. The zero-order valence-corrected chi connectivity index (χ0v) is 15.3. The number of carbonyl (C=O) groups is 2. The highest BCUT2D eigenvalue weighted by atomic mass is 16.5. The maximum absolute atomic E-state index is 12.3. The Hall–Kier alpha value is -2.66. The van der Waals surface area contributed by atoms with Gasteiger partial charge in [0.1, 0.15) is 6.10 Å². The Morgan fingerprint density at radius 1 is 1.07 bits per heavy atom. The van der Waals surface area contributed by atoms with Crippen LogP contribution in [-0.4, -0.2) is 29.8 Å². The van der Waals surface area contributed by atoms with Crippen LogP contribution in [0.1, 0.15) is 43.4 Å². The highest BCUT2D eigenvalue weighted by Crippen LogP contribution is 2.43. The van der Waals surface area contributed by atoms with Gasteiger partial charge in [0.15, 0.2) is 5.41 Å². The Morgan fingerprint density at radius 2 is 1.63 bits per heavy atom.